The van der Waals surface area contributed by atoms with Gasteiger partial charge in [-0.2, -0.15) is 0 Å². The number of aromatic nitrogens is 1. The number of rotatable bonds is 2. The van der Waals surface area contributed by atoms with Gasteiger partial charge in [0.2, 0.25) is 0 Å². The van der Waals surface area contributed by atoms with Crippen molar-refractivity contribution in [1.29, 1.82) is 0 Å². The van der Waals surface area contributed by atoms with E-state index in [1.165, 1.54) is 12.1 Å². The first-order chi connectivity index (χ1) is 9.58. The Morgan fingerprint density at radius 3 is 2.80 bits per heavy atom. The van der Waals surface area contributed by atoms with Crippen LogP contribution in [0.4, 0.5) is 4.39 Å². The molecule has 0 saturated heterocycles. The summed E-state index contributed by atoms with van der Waals surface area (Å²) in [5.41, 5.74) is 1.49. The number of hydrogen-bond acceptors (Lipinski definition) is 1. The van der Waals surface area contributed by atoms with Crippen molar-refractivity contribution in [3.05, 3.63) is 69.0 Å². The Balaban J connectivity index is 2.18. The van der Waals surface area contributed by atoms with Crippen LogP contribution in [0.1, 0.15) is 15.9 Å². The second-order valence-electron chi connectivity index (χ2n) is 4.32. The molecule has 0 aliphatic rings. The van der Waals surface area contributed by atoms with E-state index in [2.05, 4.69) is 20.9 Å². The lowest BCUT2D eigenvalue weighted by Crippen LogP contribution is -2.01. The van der Waals surface area contributed by atoms with Gasteiger partial charge in [0.15, 0.2) is 5.78 Å². The van der Waals surface area contributed by atoms with Crippen LogP contribution in [0.2, 0.25) is 5.02 Å². The van der Waals surface area contributed by atoms with Crippen molar-refractivity contribution < 1.29 is 9.18 Å². The van der Waals surface area contributed by atoms with Gasteiger partial charge in [0.05, 0.1) is 5.02 Å². The quantitative estimate of drug-likeness (QED) is 0.650. The predicted molar refractivity (Wildman–Crippen MR) is 80.8 cm³/mol. The van der Waals surface area contributed by atoms with Crippen LogP contribution >= 0.6 is 27.5 Å². The Hall–Kier alpha value is -1.65. The first-order valence-electron chi connectivity index (χ1n) is 5.83. The standard InChI is InChI=1S/C15H8BrClFNO/c16-12-3-1-2-9(14(12)17)15(20)11-7-19-13-5-4-8(18)6-10(11)13/h1-7,19H. The number of carbonyl (C=O) groups excluding carboxylic acids is 1. The molecule has 0 fully saturated rings. The van der Waals surface area contributed by atoms with Gasteiger partial charge in [0.1, 0.15) is 5.82 Å². The fraction of sp³-hybridized carbons (Fsp3) is 0. The Morgan fingerprint density at radius 2 is 2.00 bits per heavy atom. The van der Waals surface area contributed by atoms with Crippen molar-refractivity contribution in [3.8, 4) is 0 Å². The van der Waals surface area contributed by atoms with Crippen LogP contribution in [0.5, 0.6) is 0 Å². The zero-order valence-corrected chi connectivity index (χ0v) is 12.4. The maximum atomic E-state index is 13.3. The summed E-state index contributed by atoms with van der Waals surface area (Å²) in [7, 11) is 0. The van der Waals surface area contributed by atoms with E-state index in [9.17, 15) is 9.18 Å². The molecule has 0 amide bonds. The van der Waals surface area contributed by atoms with E-state index in [0.29, 0.717) is 31.5 Å². The molecule has 0 radical (unpaired) electrons. The van der Waals surface area contributed by atoms with E-state index in [4.69, 9.17) is 11.6 Å². The van der Waals surface area contributed by atoms with Crippen LogP contribution < -0.4 is 0 Å². The van der Waals surface area contributed by atoms with Gasteiger partial charge in [-0.25, -0.2) is 4.39 Å². The second kappa shape index (κ2) is 5.04. The third-order valence-electron chi connectivity index (χ3n) is 3.08. The lowest BCUT2D eigenvalue weighted by atomic mass is 10.0. The summed E-state index contributed by atoms with van der Waals surface area (Å²) in [6, 6.07) is 9.42. The number of hydrogen-bond donors (Lipinski definition) is 1. The molecule has 3 aromatic rings. The van der Waals surface area contributed by atoms with Gasteiger partial charge >= 0.3 is 0 Å². The van der Waals surface area contributed by atoms with Gasteiger partial charge in [0, 0.05) is 32.7 Å². The summed E-state index contributed by atoms with van der Waals surface area (Å²) >= 11 is 9.42. The molecule has 0 aliphatic heterocycles. The summed E-state index contributed by atoms with van der Waals surface area (Å²) in [6.45, 7) is 0. The van der Waals surface area contributed by atoms with E-state index in [0.717, 1.165) is 0 Å². The number of carbonyl (C=O) groups is 1. The second-order valence-corrected chi connectivity index (χ2v) is 5.56. The smallest absolute Gasteiger partial charge is 0.196 e. The number of halogens is 3. The molecule has 2 aromatic carbocycles. The van der Waals surface area contributed by atoms with Crippen LogP contribution in [-0.2, 0) is 0 Å². The highest BCUT2D eigenvalue weighted by Gasteiger charge is 2.18. The minimum atomic E-state index is -0.383. The van der Waals surface area contributed by atoms with Crippen LogP contribution in [0.25, 0.3) is 10.9 Å². The Bertz CT molecular complexity index is 828. The maximum Gasteiger partial charge on any atom is 0.196 e. The number of benzene rings is 2. The highest BCUT2D eigenvalue weighted by molar-refractivity contribution is 9.10. The number of aromatic amines is 1. The van der Waals surface area contributed by atoms with Gasteiger partial charge in [-0.05, 0) is 46.3 Å². The molecule has 0 spiro atoms. The number of fused-ring (bicyclic) bond motifs is 1. The average Bonchev–Trinajstić information content (AvgIpc) is 2.84. The largest absolute Gasteiger partial charge is 0.360 e. The zero-order valence-electron chi connectivity index (χ0n) is 10.1. The van der Waals surface area contributed by atoms with E-state index < -0.39 is 0 Å². The van der Waals surface area contributed by atoms with E-state index in [1.807, 2.05) is 0 Å². The molecule has 3 rings (SSSR count). The van der Waals surface area contributed by atoms with Crippen molar-refractivity contribution in [1.82, 2.24) is 4.98 Å². The highest BCUT2D eigenvalue weighted by Crippen LogP contribution is 2.29. The zero-order chi connectivity index (χ0) is 14.3. The van der Waals surface area contributed by atoms with Crippen molar-refractivity contribution in [3.63, 3.8) is 0 Å². The monoisotopic (exact) mass is 351 g/mol. The van der Waals surface area contributed by atoms with E-state index in [1.54, 1.807) is 30.5 Å². The van der Waals surface area contributed by atoms with E-state index >= 15 is 0 Å². The fourth-order valence-corrected chi connectivity index (χ4v) is 2.68. The summed E-state index contributed by atoms with van der Waals surface area (Å²) in [5.74, 6) is -0.625. The van der Waals surface area contributed by atoms with Gasteiger partial charge in [-0.3, -0.25) is 4.79 Å². The molecule has 100 valence electrons. The predicted octanol–water partition coefficient (Wildman–Crippen LogP) is 4.95. The third kappa shape index (κ3) is 2.15. The molecule has 1 N–H and O–H groups in total. The van der Waals surface area contributed by atoms with Crippen molar-refractivity contribution in [2.75, 3.05) is 0 Å². The van der Waals surface area contributed by atoms with Gasteiger partial charge in [0.25, 0.3) is 0 Å². The number of H-pyrrole nitrogens is 1. The Kier molecular flexibility index (Phi) is 3.36. The maximum absolute atomic E-state index is 13.3. The molecule has 0 bridgehead atoms. The lowest BCUT2D eigenvalue weighted by Gasteiger charge is -2.04. The molecular weight excluding hydrogens is 345 g/mol. The first-order valence-corrected chi connectivity index (χ1v) is 7.00. The molecule has 0 aliphatic carbocycles. The Labute approximate surface area is 127 Å². The average molecular weight is 353 g/mol. The molecule has 1 aromatic heterocycles. The highest BCUT2D eigenvalue weighted by atomic mass is 79.9. The van der Waals surface area contributed by atoms with Gasteiger partial charge in [-0.15, -0.1) is 0 Å². The minimum Gasteiger partial charge on any atom is -0.360 e. The molecule has 5 heteroatoms. The summed E-state index contributed by atoms with van der Waals surface area (Å²) in [4.78, 5) is 15.5. The minimum absolute atomic E-state index is 0.242. The van der Waals surface area contributed by atoms with Crippen LogP contribution in [-0.4, -0.2) is 10.8 Å². The summed E-state index contributed by atoms with van der Waals surface area (Å²) in [6.07, 6.45) is 1.57. The van der Waals surface area contributed by atoms with Crippen LogP contribution in [0.15, 0.2) is 47.1 Å². The molecule has 1 heterocycles. The molecule has 0 atom stereocenters. The Morgan fingerprint density at radius 1 is 1.20 bits per heavy atom. The summed E-state index contributed by atoms with van der Waals surface area (Å²) < 4.78 is 14.0. The van der Waals surface area contributed by atoms with Gasteiger partial charge in [-0.1, -0.05) is 17.7 Å². The molecule has 0 unspecified atom stereocenters. The fourth-order valence-electron chi connectivity index (χ4n) is 2.10. The SMILES string of the molecule is O=C(c1cccc(Br)c1Cl)c1c[nH]c2ccc(F)cc12. The van der Waals surface area contributed by atoms with Crippen molar-refractivity contribution in [2.45, 2.75) is 0 Å². The third-order valence-corrected chi connectivity index (χ3v) is 4.38. The van der Waals surface area contributed by atoms with E-state index in [-0.39, 0.29) is 11.6 Å². The van der Waals surface area contributed by atoms with Gasteiger partial charge < -0.3 is 4.98 Å². The molecule has 0 saturated carbocycles. The molecule has 20 heavy (non-hydrogen) atoms. The van der Waals surface area contributed by atoms with Crippen LogP contribution in [0.3, 0.4) is 0 Å². The number of nitrogens with one attached hydrogen (secondary N) is 1. The molecular formula is C15H8BrClFNO. The van der Waals surface area contributed by atoms with Crippen molar-refractivity contribution in [2.24, 2.45) is 0 Å². The number of ketones is 1. The topological polar surface area (TPSA) is 32.9 Å². The van der Waals surface area contributed by atoms with Crippen molar-refractivity contribution >= 4 is 44.2 Å². The normalized spacial score (nSPS) is 10.9. The molecule has 2 nitrogen and oxygen atoms in total. The summed E-state index contributed by atoms with van der Waals surface area (Å²) in [5, 5.41) is 0.897. The lowest BCUT2D eigenvalue weighted by molar-refractivity contribution is 0.104. The van der Waals surface area contributed by atoms with Crippen LogP contribution in [0, 0.1) is 5.82 Å². The first kappa shape index (κ1) is 13.3.